The van der Waals surface area contributed by atoms with E-state index in [1.54, 1.807) is 5.57 Å². The molecule has 1 aliphatic carbocycles. The Morgan fingerprint density at radius 1 is 1.07 bits per heavy atom. The Morgan fingerprint density at radius 2 is 1.86 bits per heavy atom. The molecule has 0 unspecified atom stereocenters. The summed E-state index contributed by atoms with van der Waals surface area (Å²) in [4.78, 5) is 0. The molecule has 1 aliphatic rings. The van der Waals surface area contributed by atoms with Gasteiger partial charge in [0.25, 0.3) is 0 Å². The maximum atomic E-state index is 2.47. The van der Waals surface area contributed by atoms with Crippen LogP contribution in [0.1, 0.15) is 71.6 Å². The molecule has 0 saturated heterocycles. The SMILES string of the molecule is CCCCCCCC1=CC[C@H]1CCC. The second-order valence-electron chi connectivity index (χ2n) is 4.66. The largest absolute Gasteiger partial charge is 0.0844 e. The van der Waals surface area contributed by atoms with Crippen LogP contribution in [-0.4, -0.2) is 0 Å². The third kappa shape index (κ3) is 3.86. The molecule has 82 valence electrons. The summed E-state index contributed by atoms with van der Waals surface area (Å²) in [6.45, 7) is 4.59. The van der Waals surface area contributed by atoms with Crippen LogP contribution in [0.3, 0.4) is 0 Å². The fourth-order valence-corrected chi connectivity index (χ4v) is 2.34. The molecule has 0 N–H and O–H groups in total. The first-order valence-corrected chi connectivity index (χ1v) is 6.57. The zero-order valence-electron chi connectivity index (χ0n) is 10.0. The summed E-state index contributed by atoms with van der Waals surface area (Å²) >= 11 is 0. The molecule has 0 heteroatoms. The normalized spacial score (nSPS) is 20.4. The van der Waals surface area contributed by atoms with Crippen LogP contribution in [0.25, 0.3) is 0 Å². The zero-order chi connectivity index (χ0) is 10.2. The van der Waals surface area contributed by atoms with Crippen LogP contribution in [0.4, 0.5) is 0 Å². The van der Waals surface area contributed by atoms with Gasteiger partial charge in [-0.3, -0.25) is 0 Å². The average Bonchev–Trinajstić information content (AvgIpc) is 2.18. The first-order valence-electron chi connectivity index (χ1n) is 6.57. The van der Waals surface area contributed by atoms with Crippen molar-refractivity contribution in [1.29, 1.82) is 0 Å². The Kier molecular flexibility index (Phi) is 5.98. The minimum atomic E-state index is 0.978. The highest BCUT2D eigenvalue weighted by atomic mass is 14.2. The molecule has 0 saturated carbocycles. The van der Waals surface area contributed by atoms with Crippen molar-refractivity contribution >= 4 is 0 Å². The second-order valence-corrected chi connectivity index (χ2v) is 4.66. The molecular formula is C14H26. The molecule has 0 aromatic carbocycles. The molecule has 0 aromatic heterocycles. The van der Waals surface area contributed by atoms with Crippen LogP contribution in [0.5, 0.6) is 0 Å². The van der Waals surface area contributed by atoms with Gasteiger partial charge < -0.3 is 0 Å². The van der Waals surface area contributed by atoms with Crippen molar-refractivity contribution in [2.24, 2.45) is 5.92 Å². The lowest BCUT2D eigenvalue weighted by atomic mass is 9.79. The zero-order valence-corrected chi connectivity index (χ0v) is 10.0. The highest BCUT2D eigenvalue weighted by Gasteiger charge is 2.18. The Morgan fingerprint density at radius 3 is 2.43 bits per heavy atom. The molecule has 0 aliphatic heterocycles. The van der Waals surface area contributed by atoms with Gasteiger partial charge in [-0.05, 0) is 31.6 Å². The molecule has 0 amide bonds. The van der Waals surface area contributed by atoms with E-state index in [9.17, 15) is 0 Å². The van der Waals surface area contributed by atoms with Crippen molar-refractivity contribution in [3.05, 3.63) is 11.6 Å². The predicted molar refractivity (Wildman–Crippen MR) is 64.5 cm³/mol. The van der Waals surface area contributed by atoms with Gasteiger partial charge in [0, 0.05) is 0 Å². The van der Waals surface area contributed by atoms with E-state index in [1.165, 1.54) is 57.8 Å². The molecule has 0 aromatic rings. The van der Waals surface area contributed by atoms with Crippen LogP contribution >= 0.6 is 0 Å². The smallest absolute Gasteiger partial charge is 0.0169 e. The summed E-state index contributed by atoms with van der Waals surface area (Å²) in [7, 11) is 0. The van der Waals surface area contributed by atoms with Crippen molar-refractivity contribution < 1.29 is 0 Å². The van der Waals surface area contributed by atoms with Crippen LogP contribution in [-0.2, 0) is 0 Å². The van der Waals surface area contributed by atoms with Crippen molar-refractivity contribution in [3.63, 3.8) is 0 Å². The minimum Gasteiger partial charge on any atom is -0.0844 e. The van der Waals surface area contributed by atoms with E-state index >= 15 is 0 Å². The molecule has 0 bridgehead atoms. The first kappa shape index (κ1) is 11.8. The van der Waals surface area contributed by atoms with E-state index in [-0.39, 0.29) is 0 Å². The number of allylic oxidation sites excluding steroid dienone is 2. The van der Waals surface area contributed by atoms with Crippen LogP contribution < -0.4 is 0 Å². The van der Waals surface area contributed by atoms with Crippen molar-refractivity contribution in [2.45, 2.75) is 71.6 Å². The lowest BCUT2D eigenvalue weighted by Gasteiger charge is -2.27. The van der Waals surface area contributed by atoms with Gasteiger partial charge in [-0.2, -0.15) is 0 Å². The summed E-state index contributed by atoms with van der Waals surface area (Å²) in [5.41, 5.74) is 1.78. The predicted octanol–water partition coefficient (Wildman–Crippen LogP) is 5.09. The minimum absolute atomic E-state index is 0.978. The number of unbranched alkanes of at least 4 members (excludes halogenated alkanes) is 4. The van der Waals surface area contributed by atoms with E-state index in [1.807, 2.05) is 0 Å². The van der Waals surface area contributed by atoms with Gasteiger partial charge in [0.2, 0.25) is 0 Å². The second kappa shape index (κ2) is 7.09. The van der Waals surface area contributed by atoms with E-state index in [0.29, 0.717) is 0 Å². The quantitative estimate of drug-likeness (QED) is 0.373. The van der Waals surface area contributed by atoms with E-state index in [2.05, 4.69) is 19.9 Å². The van der Waals surface area contributed by atoms with Crippen molar-refractivity contribution in [1.82, 2.24) is 0 Å². The maximum absolute atomic E-state index is 2.47. The topological polar surface area (TPSA) is 0 Å². The summed E-state index contributed by atoms with van der Waals surface area (Å²) in [5, 5.41) is 0. The molecule has 1 atom stereocenters. The summed E-state index contributed by atoms with van der Waals surface area (Å²) in [5.74, 6) is 0.978. The third-order valence-electron chi connectivity index (χ3n) is 3.40. The maximum Gasteiger partial charge on any atom is -0.0169 e. The molecule has 0 fully saturated rings. The van der Waals surface area contributed by atoms with Gasteiger partial charge in [-0.15, -0.1) is 0 Å². The van der Waals surface area contributed by atoms with Crippen molar-refractivity contribution in [2.75, 3.05) is 0 Å². The molecular weight excluding hydrogens is 168 g/mol. The highest BCUT2D eigenvalue weighted by molar-refractivity contribution is 5.17. The standard InChI is InChI=1S/C14H26/c1-3-5-6-7-8-10-14-12-11-13(14)9-4-2/h12-13H,3-11H2,1-2H3/t13-/m1/s1. The van der Waals surface area contributed by atoms with Gasteiger partial charge in [0.15, 0.2) is 0 Å². The molecule has 14 heavy (non-hydrogen) atoms. The van der Waals surface area contributed by atoms with Gasteiger partial charge in [0.05, 0.1) is 0 Å². The summed E-state index contributed by atoms with van der Waals surface area (Å²) < 4.78 is 0. The third-order valence-corrected chi connectivity index (χ3v) is 3.40. The molecule has 0 heterocycles. The Labute approximate surface area is 89.8 Å². The van der Waals surface area contributed by atoms with Crippen LogP contribution in [0.2, 0.25) is 0 Å². The number of hydrogen-bond acceptors (Lipinski definition) is 0. The van der Waals surface area contributed by atoms with E-state index in [4.69, 9.17) is 0 Å². The lowest BCUT2D eigenvalue weighted by Crippen LogP contribution is -2.12. The molecule has 0 radical (unpaired) electrons. The average molecular weight is 194 g/mol. The fraction of sp³-hybridized carbons (Fsp3) is 0.857. The Balaban J connectivity index is 1.97. The lowest BCUT2D eigenvalue weighted by molar-refractivity contribution is 0.477. The summed E-state index contributed by atoms with van der Waals surface area (Å²) in [6.07, 6.45) is 15.2. The van der Waals surface area contributed by atoms with Gasteiger partial charge in [0.1, 0.15) is 0 Å². The van der Waals surface area contributed by atoms with Crippen LogP contribution in [0, 0.1) is 5.92 Å². The molecule has 0 nitrogen and oxygen atoms in total. The first-order chi connectivity index (χ1) is 6.88. The van der Waals surface area contributed by atoms with Gasteiger partial charge in [-0.25, -0.2) is 0 Å². The molecule has 1 rings (SSSR count). The number of hydrogen-bond donors (Lipinski definition) is 0. The monoisotopic (exact) mass is 194 g/mol. The highest BCUT2D eigenvalue weighted by Crippen LogP contribution is 2.34. The van der Waals surface area contributed by atoms with Crippen LogP contribution in [0.15, 0.2) is 11.6 Å². The van der Waals surface area contributed by atoms with E-state index in [0.717, 1.165) is 5.92 Å². The number of rotatable bonds is 8. The van der Waals surface area contributed by atoms with E-state index < -0.39 is 0 Å². The van der Waals surface area contributed by atoms with Gasteiger partial charge in [-0.1, -0.05) is 57.6 Å². The van der Waals surface area contributed by atoms with Gasteiger partial charge >= 0.3 is 0 Å². The molecule has 0 spiro atoms. The fourth-order valence-electron chi connectivity index (χ4n) is 2.34. The van der Waals surface area contributed by atoms with Crippen molar-refractivity contribution in [3.8, 4) is 0 Å². The Hall–Kier alpha value is -0.260. The summed E-state index contributed by atoms with van der Waals surface area (Å²) in [6, 6.07) is 0. The Bertz CT molecular complexity index is 167.